The molecule has 0 radical (unpaired) electrons. The van der Waals surface area contributed by atoms with Gasteiger partial charge < -0.3 is 9.47 Å². The lowest BCUT2D eigenvalue weighted by molar-refractivity contribution is 0.0360. The summed E-state index contributed by atoms with van der Waals surface area (Å²) in [5.74, 6) is 0.421. The van der Waals surface area contributed by atoms with E-state index in [4.69, 9.17) is 9.47 Å². The molecule has 0 unspecified atom stereocenters. The molecule has 0 spiro atoms. The van der Waals surface area contributed by atoms with Gasteiger partial charge in [-0.25, -0.2) is 9.78 Å². The second kappa shape index (κ2) is 7.27. The molecule has 2 rings (SSSR count). The van der Waals surface area contributed by atoms with E-state index in [1.54, 1.807) is 6.07 Å². The van der Waals surface area contributed by atoms with Crippen molar-refractivity contribution in [3.63, 3.8) is 0 Å². The Bertz CT molecular complexity index is 657. The summed E-state index contributed by atoms with van der Waals surface area (Å²) >= 11 is 0. The Labute approximate surface area is 137 Å². The van der Waals surface area contributed by atoms with Gasteiger partial charge in [-0.15, -0.1) is 0 Å². The van der Waals surface area contributed by atoms with Crippen LogP contribution >= 0.6 is 0 Å². The van der Waals surface area contributed by atoms with E-state index in [-0.39, 0.29) is 5.41 Å². The molecule has 2 aromatic rings. The van der Waals surface area contributed by atoms with Crippen LogP contribution in [0.2, 0.25) is 0 Å². The summed E-state index contributed by atoms with van der Waals surface area (Å²) in [6, 6.07) is 13.0. The summed E-state index contributed by atoms with van der Waals surface area (Å²) in [6.45, 7) is 8.99. The molecule has 1 heterocycles. The van der Waals surface area contributed by atoms with Crippen molar-refractivity contribution in [3.05, 3.63) is 48.2 Å². The lowest BCUT2D eigenvalue weighted by atomic mass is 9.99. The number of carbonyl (C=O) groups excluding carboxylic acids is 1. The number of hydrogen-bond acceptors (Lipinski definition) is 4. The first-order valence-corrected chi connectivity index (χ1v) is 7.76. The SMILES string of the molecule is CCOc1ccc(-c2cccc(C(=O)OCC(C)(C)C)n2)cc1. The van der Waals surface area contributed by atoms with Gasteiger partial charge >= 0.3 is 5.97 Å². The highest BCUT2D eigenvalue weighted by Gasteiger charge is 2.16. The third kappa shape index (κ3) is 5.09. The predicted octanol–water partition coefficient (Wildman–Crippen LogP) is 4.35. The number of nitrogens with zero attached hydrogens (tertiary/aromatic N) is 1. The number of pyridine rings is 1. The average Bonchev–Trinajstić information content (AvgIpc) is 2.53. The van der Waals surface area contributed by atoms with Crippen molar-refractivity contribution in [2.24, 2.45) is 5.41 Å². The molecule has 1 aromatic carbocycles. The Balaban J connectivity index is 2.14. The second-order valence-electron chi connectivity index (χ2n) is 6.50. The zero-order valence-corrected chi connectivity index (χ0v) is 14.1. The summed E-state index contributed by atoms with van der Waals surface area (Å²) in [5.41, 5.74) is 1.92. The Kier molecular flexibility index (Phi) is 5.37. The number of aromatic nitrogens is 1. The standard InChI is InChI=1S/C19H23NO3/c1-5-22-15-11-9-14(10-12-15)16-7-6-8-17(20-16)18(21)23-13-19(2,3)4/h6-12H,5,13H2,1-4H3. The highest BCUT2D eigenvalue weighted by Crippen LogP contribution is 2.21. The summed E-state index contributed by atoms with van der Waals surface area (Å²) in [5, 5.41) is 0. The van der Waals surface area contributed by atoms with Crippen molar-refractivity contribution in [1.29, 1.82) is 0 Å². The Morgan fingerprint density at radius 2 is 1.78 bits per heavy atom. The largest absolute Gasteiger partial charge is 0.494 e. The molecule has 4 heteroatoms. The van der Waals surface area contributed by atoms with Crippen molar-refractivity contribution >= 4 is 5.97 Å². The first kappa shape index (κ1) is 17.0. The molecule has 0 atom stereocenters. The maximum absolute atomic E-state index is 12.1. The molecular weight excluding hydrogens is 290 g/mol. The number of esters is 1. The molecule has 1 aromatic heterocycles. The molecular formula is C19H23NO3. The molecule has 0 aliphatic heterocycles. The predicted molar refractivity (Wildman–Crippen MR) is 90.6 cm³/mol. The quantitative estimate of drug-likeness (QED) is 0.770. The van der Waals surface area contributed by atoms with E-state index in [2.05, 4.69) is 4.98 Å². The van der Waals surface area contributed by atoms with E-state index in [1.807, 2.05) is 64.1 Å². The van der Waals surface area contributed by atoms with Crippen molar-refractivity contribution in [1.82, 2.24) is 4.98 Å². The van der Waals surface area contributed by atoms with Crippen LogP contribution in [-0.2, 0) is 4.74 Å². The van der Waals surface area contributed by atoms with Crippen molar-refractivity contribution in [2.75, 3.05) is 13.2 Å². The second-order valence-corrected chi connectivity index (χ2v) is 6.50. The van der Waals surface area contributed by atoms with Crippen LogP contribution in [0.15, 0.2) is 42.5 Å². The Morgan fingerprint density at radius 1 is 1.09 bits per heavy atom. The fourth-order valence-electron chi connectivity index (χ4n) is 1.95. The highest BCUT2D eigenvalue weighted by molar-refractivity contribution is 5.88. The van der Waals surface area contributed by atoms with Gasteiger partial charge in [0.1, 0.15) is 11.4 Å². The van der Waals surface area contributed by atoms with Gasteiger partial charge in [0.25, 0.3) is 0 Å². The van der Waals surface area contributed by atoms with Gasteiger partial charge in [0.05, 0.1) is 18.9 Å². The van der Waals surface area contributed by atoms with Crippen LogP contribution in [0.3, 0.4) is 0 Å². The van der Waals surface area contributed by atoms with Gasteiger partial charge in [0, 0.05) is 5.56 Å². The number of hydrogen-bond donors (Lipinski definition) is 0. The van der Waals surface area contributed by atoms with Gasteiger partial charge in [-0.05, 0) is 48.7 Å². The summed E-state index contributed by atoms with van der Waals surface area (Å²) in [4.78, 5) is 16.5. The minimum absolute atomic E-state index is 0.0671. The van der Waals surface area contributed by atoms with Crippen LogP contribution in [0, 0.1) is 5.41 Å². The van der Waals surface area contributed by atoms with Gasteiger partial charge in [-0.2, -0.15) is 0 Å². The molecule has 0 aliphatic carbocycles. The number of ether oxygens (including phenoxy) is 2. The summed E-state index contributed by atoms with van der Waals surface area (Å²) in [7, 11) is 0. The average molecular weight is 313 g/mol. The lowest BCUT2D eigenvalue weighted by Gasteiger charge is -2.17. The number of rotatable bonds is 5. The topological polar surface area (TPSA) is 48.4 Å². The molecule has 0 N–H and O–H groups in total. The normalized spacial score (nSPS) is 11.1. The Morgan fingerprint density at radius 3 is 2.39 bits per heavy atom. The van der Waals surface area contributed by atoms with Crippen LogP contribution in [0.4, 0.5) is 0 Å². The first-order chi connectivity index (χ1) is 10.9. The van der Waals surface area contributed by atoms with Crippen molar-refractivity contribution in [2.45, 2.75) is 27.7 Å². The smallest absolute Gasteiger partial charge is 0.356 e. The molecule has 0 aliphatic rings. The fraction of sp³-hybridized carbons (Fsp3) is 0.368. The summed E-state index contributed by atoms with van der Waals surface area (Å²) < 4.78 is 10.7. The third-order valence-corrected chi connectivity index (χ3v) is 3.06. The van der Waals surface area contributed by atoms with E-state index < -0.39 is 5.97 Å². The molecule has 4 nitrogen and oxygen atoms in total. The van der Waals surface area contributed by atoms with Crippen molar-refractivity contribution < 1.29 is 14.3 Å². The van der Waals surface area contributed by atoms with E-state index in [0.717, 1.165) is 17.0 Å². The maximum Gasteiger partial charge on any atom is 0.356 e. The molecule has 0 fully saturated rings. The zero-order chi connectivity index (χ0) is 16.9. The fourth-order valence-corrected chi connectivity index (χ4v) is 1.95. The highest BCUT2D eigenvalue weighted by atomic mass is 16.5. The first-order valence-electron chi connectivity index (χ1n) is 7.76. The molecule has 23 heavy (non-hydrogen) atoms. The molecule has 0 saturated carbocycles. The van der Waals surface area contributed by atoms with Gasteiger partial charge in [0.15, 0.2) is 0 Å². The van der Waals surface area contributed by atoms with Gasteiger partial charge in [0.2, 0.25) is 0 Å². The van der Waals surface area contributed by atoms with E-state index in [0.29, 0.717) is 18.9 Å². The van der Waals surface area contributed by atoms with Crippen LogP contribution in [0.1, 0.15) is 38.2 Å². The van der Waals surface area contributed by atoms with E-state index >= 15 is 0 Å². The monoisotopic (exact) mass is 313 g/mol. The third-order valence-electron chi connectivity index (χ3n) is 3.06. The number of carbonyl (C=O) groups is 1. The minimum Gasteiger partial charge on any atom is -0.494 e. The molecule has 0 amide bonds. The van der Waals surface area contributed by atoms with Gasteiger partial charge in [-0.3, -0.25) is 0 Å². The van der Waals surface area contributed by atoms with Crippen LogP contribution < -0.4 is 4.74 Å². The van der Waals surface area contributed by atoms with Crippen LogP contribution in [0.25, 0.3) is 11.3 Å². The number of benzene rings is 1. The van der Waals surface area contributed by atoms with E-state index in [1.165, 1.54) is 0 Å². The Hall–Kier alpha value is -2.36. The minimum atomic E-state index is -0.396. The summed E-state index contributed by atoms with van der Waals surface area (Å²) in [6.07, 6.45) is 0. The molecule has 0 bridgehead atoms. The lowest BCUT2D eigenvalue weighted by Crippen LogP contribution is -2.19. The van der Waals surface area contributed by atoms with Crippen molar-refractivity contribution in [3.8, 4) is 17.0 Å². The molecule has 122 valence electrons. The van der Waals surface area contributed by atoms with Gasteiger partial charge in [-0.1, -0.05) is 26.8 Å². The van der Waals surface area contributed by atoms with Crippen LogP contribution in [0.5, 0.6) is 5.75 Å². The van der Waals surface area contributed by atoms with Crippen LogP contribution in [-0.4, -0.2) is 24.2 Å². The zero-order valence-electron chi connectivity index (χ0n) is 14.1. The maximum atomic E-state index is 12.1. The van der Waals surface area contributed by atoms with E-state index in [9.17, 15) is 4.79 Å². The molecule has 0 saturated heterocycles.